The summed E-state index contributed by atoms with van der Waals surface area (Å²) < 4.78 is 7.17. The average Bonchev–Trinajstić information content (AvgIpc) is 3.04. The quantitative estimate of drug-likeness (QED) is 0.848. The molecule has 7 heteroatoms. The monoisotopic (exact) mass is 337 g/mol. The lowest BCUT2D eigenvalue weighted by atomic mass is 10.1. The van der Waals surface area contributed by atoms with E-state index in [4.69, 9.17) is 4.74 Å². The van der Waals surface area contributed by atoms with Gasteiger partial charge in [0, 0.05) is 37.9 Å². The second kappa shape index (κ2) is 7.34. The molecule has 134 valence electrons. The Morgan fingerprint density at radius 2 is 2.04 bits per heavy atom. The van der Waals surface area contributed by atoms with Gasteiger partial charge in [-0.15, -0.1) is 0 Å². The molecule has 1 amide bonds. The SMILES string of the molecule is COC1CC(C(=O)O)N(C(=O)Cc2c(C)nn(CC(C)C)c2C)C1. The van der Waals surface area contributed by atoms with Crippen LogP contribution in [0.3, 0.4) is 0 Å². The van der Waals surface area contributed by atoms with Crippen LogP contribution in [0.4, 0.5) is 0 Å². The van der Waals surface area contributed by atoms with Gasteiger partial charge in [0.2, 0.25) is 5.91 Å². The molecule has 1 aromatic rings. The number of carbonyl (C=O) groups excluding carboxylic acids is 1. The number of carbonyl (C=O) groups is 2. The van der Waals surface area contributed by atoms with Crippen LogP contribution >= 0.6 is 0 Å². The van der Waals surface area contributed by atoms with Gasteiger partial charge in [-0.3, -0.25) is 9.48 Å². The molecule has 0 aromatic carbocycles. The first-order valence-corrected chi connectivity index (χ1v) is 8.32. The summed E-state index contributed by atoms with van der Waals surface area (Å²) in [5.74, 6) is -0.701. The average molecular weight is 337 g/mol. The molecule has 1 aromatic heterocycles. The number of carboxylic acid groups (broad SMARTS) is 1. The number of hydrogen-bond donors (Lipinski definition) is 1. The molecule has 1 N–H and O–H groups in total. The van der Waals surface area contributed by atoms with E-state index in [1.807, 2.05) is 18.5 Å². The highest BCUT2D eigenvalue weighted by Gasteiger charge is 2.39. The largest absolute Gasteiger partial charge is 0.480 e. The van der Waals surface area contributed by atoms with Gasteiger partial charge in [0.05, 0.1) is 18.2 Å². The van der Waals surface area contributed by atoms with E-state index in [1.54, 1.807) is 7.11 Å². The second-order valence-electron chi connectivity index (χ2n) is 6.90. The van der Waals surface area contributed by atoms with E-state index in [-0.39, 0.29) is 18.4 Å². The standard InChI is InChI=1S/C17H27N3O4/c1-10(2)8-20-12(4)14(11(3)18-20)7-16(21)19-9-13(24-5)6-15(19)17(22)23/h10,13,15H,6-9H2,1-5H3,(H,22,23). The Hall–Kier alpha value is -1.89. The Bertz CT molecular complexity index is 624. The lowest BCUT2D eigenvalue weighted by molar-refractivity contribution is -0.148. The number of hydrogen-bond acceptors (Lipinski definition) is 4. The predicted octanol–water partition coefficient (Wildman–Crippen LogP) is 1.40. The van der Waals surface area contributed by atoms with Crippen molar-refractivity contribution in [2.75, 3.05) is 13.7 Å². The van der Waals surface area contributed by atoms with Crippen molar-refractivity contribution in [1.82, 2.24) is 14.7 Å². The molecule has 0 saturated carbocycles. The summed E-state index contributed by atoms with van der Waals surface area (Å²) in [5, 5.41) is 13.9. The minimum atomic E-state index is -0.980. The van der Waals surface area contributed by atoms with Crippen LogP contribution in [0.25, 0.3) is 0 Å². The normalized spacial score (nSPS) is 20.8. The molecule has 24 heavy (non-hydrogen) atoms. The minimum absolute atomic E-state index is 0.177. The van der Waals surface area contributed by atoms with Gasteiger partial charge in [-0.1, -0.05) is 13.8 Å². The van der Waals surface area contributed by atoms with Crippen LogP contribution in [0.1, 0.15) is 37.2 Å². The van der Waals surface area contributed by atoms with E-state index < -0.39 is 12.0 Å². The third kappa shape index (κ3) is 3.77. The van der Waals surface area contributed by atoms with Crippen LogP contribution < -0.4 is 0 Å². The van der Waals surface area contributed by atoms with Crippen molar-refractivity contribution in [2.45, 2.75) is 59.2 Å². The number of nitrogens with zero attached hydrogens (tertiary/aromatic N) is 3. The summed E-state index contributed by atoms with van der Waals surface area (Å²) in [7, 11) is 1.54. The Morgan fingerprint density at radius 1 is 1.38 bits per heavy atom. The number of methoxy groups -OCH3 is 1. The van der Waals surface area contributed by atoms with Crippen molar-refractivity contribution in [2.24, 2.45) is 5.92 Å². The van der Waals surface area contributed by atoms with Crippen LogP contribution in [0, 0.1) is 19.8 Å². The van der Waals surface area contributed by atoms with Gasteiger partial charge in [0.1, 0.15) is 6.04 Å². The summed E-state index contributed by atoms with van der Waals surface area (Å²) in [6, 6.07) is -0.811. The van der Waals surface area contributed by atoms with Gasteiger partial charge in [-0.2, -0.15) is 5.10 Å². The van der Waals surface area contributed by atoms with Gasteiger partial charge in [-0.25, -0.2) is 4.79 Å². The van der Waals surface area contributed by atoms with Crippen molar-refractivity contribution in [3.8, 4) is 0 Å². The summed E-state index contributed by atoms with van der Waals surface area (Å²) >= 11 is 0. The smallest absolute Gasteiger partial charge is 0.326 e. The lowest BCUT2D eigenvalue weighted by Gasteiger charge is -2.21. The van der Waals surface area contributed by atoms with Crippen molar-refractivity contribution in [3.05, 3.63) is 17.0 Å². The molecule has 1 aliphatic rings. The van der Waals surface area contributed by atoms with Crippen LogP contribution in [0.5, 0.6) is 0 Å². The summed E-state index contributed by atoms with van der Waals surface area (Å²) in [5.41, 5.74) is 2.70. The van der Waals surface area contributed by atoms with Crippen LogP contribution in [-0.2, 0) is 27.3 Å². The zero-order valence-electron chi connectivity index (χ0n) is 15.1. The predicted molar refractivity (Wildman–Crippen MR) is 88.8 cm³/mol. The molecule has 1 fully saturated rings. The van der Waals surface area contributed by atoms with E-state index in [1.165, 1.54) is 4.90 Å². The highest BCUT2D eigenvalue weighted by molar-refractivity contribution is 5.86. The van der Waals surface area contributed by atoms with Crippen molar-refractivity contribution < 1.29 is 19.4 Å². The maximum atomic E-state index is 12.7. The molecule has 2 heterocycles. The summed E-state index contributed by atoms with van der Waals surface area (Å²) in [4.78, 5) is 25.5. The fourth-order valence-electron chi connectivity index (χ4n) is 3.24. The van der Waals surface area contributed by atoms with E-state index in [0.717, 1.165) is 23.5 Å². The molecule has 0 spiro atoms. The number of rotatable bonds is 6. The Morgan fingerprint density at radius 3 is 2.58 bits per heavy atom. The maximum absolute atomic E-state index is 12.7. The molecule has 0 aliphatic carbocycles. The summed E-state index contributed by atoms with van der Waals surface area (Å²) in [6.45, 7) is 9.21. The molecule has 0 bridgehead atoms. The number of likely N-dealkylation sites (tertiary alicyclic amines) is 1. The molecular formula is C17H27N3O4. The maximum Gasteiger partial charge on any atom is 0.326 e. The second-order valence-corrected chi connectivity index (χ2v) is 6.90. The molecule has 0 radical (unpaired) electrons. The molecule has 1 saturated heterocycles. The van der Waals surface area contributed by atoms with Gasteiger partial charge < -0.3 is 14.7 Å². The third-order valence-electron chi connectivity index (χ3n) is 4.60. The van der Waals surface area contributed by atoms with E-state index in [2.05, 4.69) is 18.9 Å². The fourth-order valence-corrected chi connectivity index (χ4v) is 3.24. The van der Waals surface area contributed by atoms with E-state index in [0.29, 0.717) is 18.9 Å². The van der Waals surface area contributed by atoms with Gasteiger partial charge in [0.25, 0.3) is 0 Å². The van der Waals surface area contributed by atoms with Gasteiger partial charge in [0.15, 0.2) is 0 Å². The Balaban J connectivity index is 2.17. The number of aryl methyl sites for hydroxylation is 1. The Labute approximate surface area is 142 Å². The highest BCUT2D eigenvalue weighted by atomic mass is 16.5. The molecule has 7 nitrogen and oxygen atoms in total. The van der Waals surface area contributed by atoms with Gasteiger partial charge >= 0.3 is 5.97 Å². The van der Waals surface area contributed by atoms with Crippen molar-refractivity contribution >= 4 is 11.9 Å². The molecule has 1 aliphatic heterocycles. The highest BCUT2D eigenvalue weighted by Crippen LogP contribution is 2.23. The molecule has 2 atom stereocenters. The molecule has 2 rings (SSSR count). The van der Waals surface area contributed by atoms with Gasteiger partial charge in [-0.05, 0) is 19.8 Å². The van der Waals surface area contributed by atoms with E-state index in [9.17, 15) is 14.7 Å². The number of aliphatic carboxylic acids is 1. The molecule has 2 unspecified atom stereocenters. The first kappa shape index (κ1) is 18.4. The number of aromatic nitrogens is 2. The van der Waals surface area contributed by atoms with Crippen LogP contribution in [0.2, 0.25) is 0 Å². The summed E-state index contributed by atoms with van der Waals surface area (Å²) in [6.07, 6.45) is 0.291. The number of carboxylic acids is 1. The number of ether oxygens (including phenoxy) is 1. The van der Waals surface area contributed by atoms with Crippen LogP contribution in [0.15, 0.2) is 0 Å². The number of amides is 1. The van der Waals surface area contributed by atoms with Crippen molar-refractivity contribution in [3.63, 3.8) is 0 Å². The molecular weight excluding hydrogens is 310 g/mol. The Kier molecular flexibility index (Phi) is 5.64. The van der Waals surface area contributed by atoms with Crippen molar-refractivity contribution in [1.29, 1.82) is 0 Å². The lowest BCUT2D eigenvalue weighted by Crippen LogP contribution is -2.41. The van der Waals surface area contributed by atoms with E-state index >= 15 is 0 Å². The fraction of sp³-hybridized carbons (Fsp3) is 0.706. The third-order valence-corrected chi connectivity index (χ3v) is 4.60. The first-order chi connectivity index (χ1) is 11.2. The first-order valence-electron chi connectivity index (χ1n) is 8.32. The topological polar surface area (TPSA) is 84.7 Å². The zero-order valence-corrected chi connectivity index (χ0v) is 15.1. The zero-order chi connectivity index (χ0) is 18.0. The van der Waals surface area contributed by atoms with Crippen LogP contribution in [-0.4, -0.2) is 57.5 Å². The minimum Gasteiger partial charge on any atom is -0.480 e.